The predicted octanol–water partition coefficient (Wildman–Crippen LogP) is 3.28. The van der Waals surface area contributed by atoms with Gasteiger partial charge in [0, 0.05) is 5.56 Å². The van der Waals surface area contributed by atoms with Crippen molar-refractivity contribution in [3.05, 3.63) is 18.0 Å². The van der Waals surface area contributed by atoms with Gasteiger partial charge in [0.05, 0.1) is 18.1 Å². The second kappa shape index (κ2) is 7.26. The maximum absolute atomic E-state index is 11.8. The molecule has 0 saturated carbocycles. The summed E-state index contributed by atoms with van der Waals surface area (Å²) < 4.78 is 15.2. The molecule has 1 N–H and O–H groups in total. The fraction of sp³-hybridized carbons (Fsp3) is 0.600. The van der Waals surface area contributed by atoms with Gasteiger partial charge in [0.25, 0.3) is 0 Å². The number of rotatable bonds is 3. The van der Waals surface area contributed by atoms with Gasteiger partial charge in [-0.1, -0.05) is 0 Å². The third-order valence-electron chi connectivity index (χ3n) is 2.18. The monoisotopic (exact) mass is 325 g/mol. The molecule has 0 aliphatic rings. The molecule has 0 fully saturated rings. The van der Waals surface area contributed by atoms with Crippen LogP contribution in [0.5, 0.6) is 0 Å². The molecule has 0 unspecified atom stereocenters. The maximum atomic E-state index is 11.8. The highest BCUT2D eigenvalue weighted by Gasteiger charge is 2.20. The lowest BCUT2D eigenvalue weighted by molar-refractivity contribution is -0.0107. The molecule has 0 saturated heterocycles. The van der Waals surface area contributed by atoms with E-state index in [2.05, 4.69) is 15.5 Å². The third kappa shape index (κ3) is 7.98. The van der Waals surface area contributed by atoms with Gasteiger partial charge in [-0.05, 0) is 41.5 Å². The van der Waals surface area contributed by atoms with E-state index in [1.54, 1.807) is 41.5 Å². The summed E-state index contributed by atoms with van der Waals surface area (Å²) in [4.78, 5) is 23.4. The Bertz CT molecular complexity index is 561. The van der Waals surface area contributed by atoms with Crippen molar-refractivity contribution in [2.75, 3.05) is 5.32 Å². The van der Waals surface area contributed by atoms with Crippen LogP contribution in [-0.4, -0.2) is 33.6 Å². The van der Waals surface area contributed by atoms with Crippen LogP contribution in [-0.2, 0) is 20.8 Å². The molecule has 0 radical (unpaired) electrons. The highest BCUT2D eigenvalue weighted by molar-refractivity contribution is 5.85. The number of anilines is 1. The molecule has 1 aromatic heterocycles. The first-order chi connectivity index (χ1) is 10.5. The molecule has 0 spiro atoms. The summed E-state index contributed by atoms with van der Waals surface area (Å²) >= 11 is 0. The Balaban J connectivity index is 2.67. The van der Waals surface area contributed by atoms with Crippen molar-refractivity contribution in [1.82, 2.24) is 10.2 Å². The minimum Gasteiger partial charge on any atom is -0.444 e. The van der Waals surface area contributed by atoms with E-state index in [0.717, 1.165) is 0 Å². The van der Waals surface area contributed by atoms with Crippen LogP contribution in [0.3, 0.4) is 0 Å². The summed E-state index contributed by atoms with van der Waals surface area (Å²) in [6.07, 6.45) is 1.29. The van der Waals surface area contributed by atoms with E-state index in [4.69, 9.17) is 14.2 Å². The number of hydrogen-bond acceptors (Lipinski definition) is 7. The lowest BCUT2D eigenvalue weighted by Crippen LogP contribution is -2.28. The van der Waals surface area contributed by atoms with E-state index in [0.29, 0.717) is 11.3 Å². The van der Waals surface area contributed by atoms with Crippen LogP contribution < -0.4 is 5.32 Å². The summed E-state index contributed by atoms with van der Waals surface area (Å²) in [6.45, 7) is 10.3. The molecule has 8 heteroatoms. The highest BCUT2D eigenvalue weighted by Crippen LogP contribution is 2.17. The summed E-state index contributed by atoms with van der Waals surface area (Å²) in [7, 11) is 0. The van der Waals surface area contributed by atoms with Crippen molar-refractivity contribution >= 4 is 17.9 Å². The van der Waals surface area contributed by atoms with E-state index in [-0.39, 0.29) is 6.61 Å². The van der Waals surface area contributed by atoms with E-state index < -0.39 is 23.5 Å². The molecule has 1 aromatic rings. The number of carbonyl (C=O) groups is 2. The molecule has 8 nitrogen and oxygen atoms in total. The van der Waals surface area contributed by atoms with Gasteiger partial charge < -0.3 is 14.2 Å². The predicted molar refractivity (Wildman–Crippen MR) is 82.9 cm³/mol. The van der Waals surface area contributed by atoms with E-state index in [1.165, 1.54) is 12.4 Å². The Morgan fingerprint density at radius 1 is 1.00 bits per heavy atom. The molecule has 128 valence electrons. The first-order valence-electron chi connectivity index (χ1n) is 7.11. The fourth-order valence-electron chi connectivity index (χ4n) is 1.40. The molecule has 23 heavy (non-hydrogen) atoms. The van der Waals surface area contributed by atoms with Gasteiger partial charge in [0.15, 0.2) is 0 Å². The Morgan fingerprint density at radius 3 is 2.13 bits per heavy atom. The molecule has 0 aliphatic heterocycles. The first-order valence-corrected chi connectivity index (χ1v) is 7.11. The second-order valence-corrected chi connectivity index (χ2v) is 6.81. The third-order valence-corrected chi connectivity index (χ3v) is 2.18. The molecule has 0 aliphatic carbocycles. The second-order valence-electron chi connectivity index (χ2n) is 6.81. The van der Waals surface area contributed by atoms with E-state index in [9.17, 15) is 9.59 Å². The lowest BCUT2D eigenvalue weighted by Gasteiger charge is -2.20. The summed E-state index contributed by atoms with van der Waals surface area (Å²) in [5.41, 5.74) is -0.461. The number of ether oxygens (including phenoxy) is 3. The zero-order valence-corrected chi connectivity index (χ0v) is 14.3. The molecule has 1 amide bonds. The zero-order valence-electron chi connectivity index (χ0n) is 14.3. The van der Waals surface area contributed by atoms with Gasteiger partial charge in [-0.25, -0.2) is 9.59 Å². The van der Waals surface area contributed by atoms with Crippen LogP contribution in [0.4, 0.5) is 15.3 Å². The van der Waals surface area contributed by atoms with Gasteiger partial charge in [0.2, 0.25) is 0 Å². The number of aromatic nitrogens is 2. The largest absolute Gasteiger partial charge is 0.509 e. The van der Waals surface area contributed by atoms with Crippen LogP contribution in [0.25, 0.3) is 0 Å². The average molecular weight is 325 g/mol. The molecular formula is C15H23N3O5. The van der Waals surface area contributed by atoms with Gasteiger partial charge in [-0.2, -0.15) is 10.2 Å². The standard InChI is InChI=1S/C15H23N3O5/c1-14(2,3)22-12(19)18-11-8-17-16-7-10(11)9-21-13(20)23-15(4,5)6/h7-8H,9H2,1-6H3,(H,16,18,19). The Morgan fingerprint density at radius 2 is 1.57 bits per heavy atom. The summed E-state index contributed by atoms with van der Waals surface area (Å²) in [6, 6.07) is 0. The lowest BCUT2D eigenvalue weighted by atomic mass is 10.2. The van der Waals surface area contributed by atoms with Crippen LogP contribution in [0, 0.1) is 0 Å². The maximum Gasteiger partial charge on any atom is 0.509 e. The molecule has 0 bridgehead atoms. The van der Waals surface area contributed by atoms with Crippen molar-refractivity contribution in [2.24, 2.45) is 0 Å². The average Bonchev–Trinajstić information content (AvgIpc) is 2.33. The number of carbonyl (C=O) groups excluding carboxylic acids is 2. The fourth-order valence-corrected chi connectivity index (χ4v) is 1.40. The van der Waals surface area contributed by atoms with Crippen molar-refractivity contribution in [3.63, 3.8) is 0 Å². The Labute approximate surface area is 135 Å². The quantitative estimate of drug-likeness (QED) is 0.851. The van der Waals surface area contributed by atoms with Crippen LogP contribution in [0.2, 0.25) is 0 Å². The minimum absolute atomic E-state index is 0.116. The molecule has 1 rings (SSSR count). The zero-order chi connectivity index (χ0) is 17.7. The SMILES string of the molecule is CC(C)(C)OC(=O)Nc1cnncc1COC(=O)OC(C)(C)C. The van der Waals surface area contributed by atoms with Crippen LogP contribution in [0.1, 0.15) is 47.1 Å². The number of hydrogen-bond donors (Lipinski definition) is 1. The Hall–Kier alpha value is -2.38. The number of amides is 1. The number of nitrogens with one attached hydrogen (secondary N) is 1. The van der Waals surface area contributed by atoms with Crippen LogP contribution >= 0.6 is 0 Å². The van der Waals surface area contributed by atoms with Crippen molar-refractivity contribution in [3.8, 4) is 0 Å². The normalized spacial score (nSPS) is 11.6. The van der Waals surface area contributed by atoms with Gasteiger partial charge >= 0.3 is 12.2 Å². The van der Waals surface area contributed by atoms with Gasteiger partial charge in [-0.3, -0.25) is 5.32 Å². The summed E-state index contributed by atoms with van der Waals surface area (Å²) in [5.74, 6) is 0. The van der Waals surface area contributed by atoms with Gasteiger partial charge in [0.1, 0.15) is 17.8 Å². The topological polar surface area (TPSA) is 99.6 Å². The molecule has 0 aromatic carbocycles. The molecular weight excluding hydrogens is 302 g/mol. The molecule has 1 heterocycles. The number of nitrogens with zero attached hydrogens (tertiary/aromatic N) is 2. The highest BCUT2D eigenvalue weighted by atomic mass is 16.7. The van der Waals surface area contributed by atoms with Crippen molar-refractivity contribution in [1.29, 1.82) is 0 Å². The van der Waals surface area contributed by atoms with Crippen molar-refractivity contribution < 1.29 is 23.8 Å². The smallest absolute Gasteiger partial charge is 0.444 e. The first kappa shape index (κ1) is 18.7. The van der Waals surface area contributed by atoms with E-state index >= 15 is 0 Å². The Kier molecular flexibility index (Phi) is 5.89. The minimum atomic E-state index is -0.808. The summed E-state index contributed by atoms with van der Waals surface area (Å²) in [5, 5.41) is 9.94. The van der Waals surface area contributed by atoms with Crippen molar-refractivity contribution in [2.45, 2.75) is 59.4 Å². The van der Waals surface area contributed by atoms with Crippen LogP contribution in [0.15, 0.2) is 12.4 Å². The van der Waals surface area contributed by atoms with E-state index in [1.807, 2.05) is 0 Å². The van der Waals surface area contributed by atoms with Gasteiger partial charge in [-0.15, -0.1) is 0 Å². The molecule has 0 atom stereocenters.